The first-order valence-corrected chi connectivity index (χ1v) is 6.96. The molecule has 0 aromatic rings. The highest BCUT2D eigenvalue weighted by Crippen LogP contribution is 2.33. The van der Waals surface area contributed by atoms with Gasteiger partial charge in [-0.1, -0.05) is 33.6 Å². The van der Waals surface area contributed by atoms with Gasteiger partial charge in [0.15, 0.2) is 0 Å². The van der Waals surface area contributed by atoms with E-state index in [0.717, 1.165) is 12.5 Å². The Labute approximate surface area is 102 Å². The Balaban J connectivity index is 2.08. The van der Waals surface area contributed by atoms with Gasteiger partial charge >= 0.3 is 0 Å². The van der Waals surface area contributed by atoms with Gasteiger partial charge in [-0.15, -0.1) is 0 Å². The van der Waals surface area contributed by atoms with E-state index in [1.54, 1.807) is 0 Å². The van der Waals surface area contributed by atoms with Gasteiger partial charge < -0.3 is 10.6 Å². The van der Waals surface area contributed by atoms with Crippen LogP contribution in [0.4, 0.5) is 0 Å². The van der Waals surface area contributed by atoms with E-state index in [9.17, 15) is 0 Å². The number of unbranched alkanes of at least 4 members (excludes halogenated alkanes) is 3. The fourth-order valence-electron chi connectivity index (χ4n) is 2.58. The molecule has 0 spiro atoms. The quantitative estimate of drug-likeness (QED) is 0.706. The fourth-order valence-corrected chi connectivity index (χ4v) is 2.58. The molecule has 1 fully saturated rings. The van der Waals surface area contributed by atoms with Gasteiger partial charge in [0.05, 0.1) is 0 Å². The van der Waals surface area contributed by atoms with Crippen LogP contribution in [0.25, 0.3) is 0 Å². The molecule has 2 N–H and O–H groups in total. The maximum Gasteiger partial charge on any atom is 0.00151 e. The van der Waals surface area contributed by atoms with Gasteiger partial charge in [0.25, 0.3) is 0 Å². The van der Waals surface area contributed by atoms with Gasteiger partial charge in [-0.25, -0.2) is 0 Å². The van der Waals surface area contributed by atoms with Crippen LogP contribution in [0.5, 0.6) is 0 Å². The highest BCUT2D eigenvalue weighted by molar-refractivity contribution is 4.83. The number of rotatable bonds is 6. The van der Waals surface area contributed by atoms with Gasteiger partial charge in [0.2, 0.25) is 0 Å². The lowest BCUT2D eigenvalue weighted by Gasteiger charge is -2.27. The fraction of sp³-hybridized carbons (Fsp3) is 1.00. The summed E-state index contributed by atoms with van der Waals surface area (Å²) in [7, 11) is 0. The number of likely N-dealkylation sites (tertiary alicyclic amines) is 1. The first kappa shape index (κ1) is 14.0. The van der Waals surface area contributed by atoms with Gasteiger partial charge in [-0.3, -0.25) is 0 Å². The van der Waals surface area contributed by atoms with Crippen molar-refractivity contribution in [1.29, 1.82) is 0 Å². The first-order chi connectivity index (χ1) is 7.54. The maximum absolute atomic E-state index is 5.49. The van der Waals surface area contributed by atoms with E-state index in [4.69, 9.17) is 5.73 Å². The van der Waals surface area contributed by atoms with Crippen molar-refractivity contribution in [1.82, 2.24) is 4.90 Å². The van der Waals surface area contributed by atoms with Crippen LogP contribution in [-0.4, -0.2) is 31.1 Å². The van der Waals surface area contributed by atoms with E-state index in [1.165, 1.54) is 51.7 Å². The van der Waals surface area contributed by atoms with Crippen molar-refractivity contribution in [3.63, 3.8) is 0 Å². The normalized spacial score (nSPS) is 22.9. The van der Waals surface area contributed by atoms with Crippen molar-refractivity contribution in [2.24, 2.45) is 17.1 Å². The highest BCUT2D eigenvalue weighted by atomic mass is 15.1. The Morgan fingerprint density at radius 1 is 1.12 bits per heavy atom. The number of hydrogen-bond donors (Lipinski definition) is 1. The van der Waals surface area contributed by atoms with E-state index in [-0.39, 0.29) is 0 Å². The average molecular weight is 226 g/mol. The van der Waals surface area contributed by atoms with E-state index in [0.29, 0.717) is 5.41 Å². The molecule has 1 aliphatic heterocycles. The minimum Gasteiger partial charge on any atom is -0.330 e. The molecule has 0 aliphatic carbocycles. The molecular formula is C14H30N2. The minimum atomic E-state index is 0.494. The van der Waals surface area contributed by atoms with Crippen molar-refractivity contribution in [2.45, 2.75) is 52.9 Å². The summed E-state index contributed by atoms with van der Waals surface area (Å²) < 4.78 is 0. The lowest BCUT2D eigenvalue weighted by Crippen LogP contribution is -2.26. The summed E-state index contributed by atoms with van der Waals surface area (Å²) in [6.07, 6.45) is 6.62. The van der Waals surface area contributed by atoms with E-state index in [1.807, 2.05) is 0 Å². The standard InChI is InChI=1S/C14H30N2/c1-14(2,3)13-8-11-16(12-13)10-7-5-4-6-9-15/h13H,4-12,15H2,1-3H3. The second-order valence-corrected chi connectivity index (χ2v) is 6.36. The van der Waals surface area contributed by atoms with Crippen LogP contribution >= 0.6 is 0 Å². The van der Waals surface area contributed by atoms with Crippen LogP contribution in [0.3, 0.4) is 0 Å². The van der Waals surface area contributed by atoms with Crippen molar-refractivity contribution >= 4 is 0 Å². The zero-order valence-electron chi connectivity index (χ0n) is 11.5. The predicted molar refractivity (Wildman–Crippen MR) is 71.5 cm³/mol. The Morgan fingerprint density at radius 3 is 2.38 bits per heavy atom. The zero-order valence-corrected chi connectivity index (χ0v) is 11.5. The van der Waals surface area contributed by atoms with Crippen molar-refractivity contribution in [3.05, 3.63) is 0 Å². The Kier molecular flexibility index (Phi) is 5.77. The molecule has 1 atom stereocenters. The zero-order chi connectivity index (χ0) is 12.0. The molecule has 0 bridgehead atoms. The minimum absolute atomic E-state index is 0.494. The first-order valence-electron chi connectivity index (χ1n) is 6.96. The summed E-state index contributed by atoms with van der Waals surface area (Å²) in [5.41, 5.74) is 5.98. The summed E-state index contributed by atoms with van der Waals surface area (Å²) >= 11 is 0. The predicted octanol–water partition coefficient (Wildman–Crippen LogP) is 2.87. The number of nitrogens with zero attached hydrogens (tertiary/aromatic N) is 1. The molecule has 0 saturated carbocycles. The summed E-state index contributed by atoms with van der Waals surface area (Å²) in [6, 6.07) is 0. The van der Waals surface area contributed by atoms with Gasteiger partial charge in [-0.2, -0.15) is 0 Å². The average Bonchev–Trinajstić information content (AvgIpc) is 2.65. The molecule has 1 aliphatic rings. The molecule has 0 radical (unpaired) electrons. The molecule has 1 rings (SSSR count). The lowest BCUT2D eigenvalue weighted by atomic mass is 9.80. The van der Waals surface area contributed by atoms with Crippen LogP contribution < -0.4 is 5.73 Å². The van der Waals surface area contributed by atoms with Crippen LogP contribution in [-0.2, 0) is 0 Å². The van der Waals surface area contributed by atoms with Crippen LogP contribution in [0.15, 0.2) is 0 Å². The lowest BCUT2D eigenvalue weighted by molar-refractivity contribution is 0.227. The Bertz CT molecular complexity index is 184. The number of nitrogens with two attached hydrogens (primary N) is 1. The molecule has 0 aromatic heterocycles. The largest absolute Gasteiger partial charge is 0.330 e. The van der Waals surface area contributed by atoms with Gasteiger partial charge in [0.1, 0.15) is 0 Å². The molecule has 1 saturated heterocycles. The van der Waals surface area contributed by atoms with Crippen LogP contribution in [0.2, 0.25) is 0 Å². The highest BCUT2D eigenvalue weighted by Gasteiger charge is 2.31. The van der Waals surface area contributed by atoms with Crippen LogP contribution in [0.1, 0.15) is 52.9 Å². The van der Waals surface area contributed by atoms with Crippen molar-refractivity contribution in [2.75, 3.05) is 26.2 Å². The van der Waals surface area contributed by atoms with E-state index >= 15 is 0 Å². The third-order valence-corrected chi connectivity index (χ3v) is 3.93. The SMILES string of the molecule is CC(C)(C)C1CCN(CCCCCCN)C1. The van der Waals surface area contributed by atoms with Gasteiger partial charge in [0, 0.05) is 6.54 Å². The van der Waals surface area contributed by atoms with Crippen molar-refractivity contribution < 1.29 is 0 Å². The molecule has 16 heavy (non-hydrogen) atoms. The summed E-state index contributed by atoms with van der Waals surface area (Å²) in [4.78, 5) is 2.65. The Morgan fingerprint density at radius 2 is 1.81 bits per heavy atom. The van der Waals surface area contributed by atoms with E-state index < -0.39 is 0 Å². The third kappa shape index (κ3) is 4.84. The molecule has 1 unspecified atom stereocenters. The van der Waals surface area contributed by atoms with E-state index in [2.05, 4.69) is 25.7 Å². The second-order valence-electron chi connectivity index (χ2n) is 6.36. The summed E-state index contributed by atoms with van der Waals surface area (Å²) in [5, 5.41) is 0. The topological polar surface area (TPSA) is 29.3 Å². The molecule has 0 aromatic carbocycles. The van der Waals surface area contributed by atoms with Crippen molar-refractivity contribution in [3.8, 4) is 0 Å². The molecular weight excluding hydrogens is 196 g/mol. The third-order valence-electron chi connectivity index (χ3n) is 3.93. The number of hydrogen-bond acceptors (Lipinski definition) is 2. The summed E-state index contributed by atoms with van der Waals surface area (Å²) in [5.74, 6) is 0.900. The monoisotopic (exact) mass is 226 g/mol. The Hall–Kier alpha value is -0.0800. The molecule has 0 amide bonds. The molecule has 96 valence electrons. The maximum atomic E-state index is 5.49. The molecule has 2 heteroatoms. The van der Waals surface area contributed by atoms with Gasteiger partial charge in [-0.05, 0) is 50.2 Å². The van der Waals surface area contributed by atoms with Crippen LogP contribution in [0, 0.1) is 11.3 Å². The molecule has 1 heterocycles. The smallest absolute Gasteiger partial charge is 0.00151 e. The molecule has 2 nitrogen and oxygen atoms in total. The summed E-state index contributed by atoms with van der Waals surface area (Å²) in [6.45, 7) is 11.9. The second kappa shape index (κ2) is 6.61.